The Kier molecular flexibility index (Phi) is 4.88. The van der Waals surface area contributed by atoms with E-state index in [1.807, 2.05) is 6.92 Å². The molecule has 1 saturated heterocycles. The summed E-state index contributed by atoms with van der Waals surface area (Å²) >= 11 is 0. The number of H-pyrrole nitrogens is 1. The number of aromatic nitrogens is 5. The Balaban J connectivity index is 1.40. The molecule has 7 heteroatoms. The van der Waals surface area contributed by atoms with Crippen LogP contribution in [0.5, 0.6) is 0 Å². The highest BCUT2D eigenvalue weighted by molar-refractivity contribution is 5.88. The number of aromatic amines is 1. The molecule has 0 amide bonds. The second-order valence-corrected chi connectivity index (χ2v) is 7.96. The Morgan fingerprint density at radius 1 is 1.13 bits per heavy atom. The van der Waals surface area contributed by atoms with E-state index in [1.54, 1.807) is 6.20 Å². The third kappa shape index (κ3) is 3.64. The van der Waals surface area contributed by atoms with Crippen LogP contribution in [0.1, 0.15) is 16.8 Å². The lowest BCUT2D eigenvalue weighted by Crippen LogP contribution is -2.52. The number of nitrogens with one attached hydrogen (secondary N) is 2. The molecular weight excluding hydrogens is 374 g/mol. The number of nitrogens with zero attached hydrogens (tertiary/aromatic N) is 5. The number of anilines is 1. The highest BCUT2D eigenvalue weighted by Crippen LogP contribution is 2.27. The van der Waals surface area contributed by atoms with Crippen LogP contribution in [0.2, 0.25) is 0 Å². The largest absolute Gasteiger partial charge is 0.352 e. The number of benzene rings is 2. The average molecular weight is 400 g/mol. The summed E-state index contributed by atoms with van der Waals surface area (Å²) in [5.74, 6) is 1.53. The molecule has 0 saturated carbocycles. The van der Waals surface area contributed by atoms with Crippen LogP contribution in [-0.4, -0.2) is 51.1 Å². The van der Waals surface area contributed by atoms with E-state index in [0.29, 0.717) is 11.9 Å². The van der Waals surface area contributed by atoms with Crippen molar-refractivity contribution in [1.82, 2.24) is 30.7 Å². The molecule has 0 radical (unpaired) electrons. The molecule has 0 aliphatic carbocycles. The molecule has 152 valence electrons. The van der Waals surface area contributed by atoms with Crippen LogP contribution in [0.3, 0.4) is 0 Å². The Hall–Kier alpha value is -3.32. The van der Waals surface area contributed by atoms with Gasteiger partial charge >= 0.3 is 0 Å². The van der Waals surface area contributed by atoms with E-state index >= 15 is 0 Å². The molecule has 0 bridgehead atoms. The molecule has 2 aromatic heterocycles. The van der Waals surface area contributed by atoms with Gasteiger partial charge in [0.05, 0.1) is 11.7 Å². The summed E-state index contributed by atoms with van der Waals surface area (Å²) in [6, 6.07) is 15.2. The van der Waals surface area contributed by atoms with Crippen LogP contribution in [0.25, 0.3) is 22.3 Å². The van der Waals surface area contributed by atoms with Crippen molar-refractivity contribution >= 4 is 16.7 Å². The number of piperazine rings is 1. The van der Waals surface area contributed by atoms with E-state index in [-0.39, 0.29) is 0 Å². The van der Waals surface area contributed by atoms with E-state index < -0.39 is 0 Å². The average Bonchev–Trinajstić information content (AvgIpc) is 3.16. The van der Waals surface area contributed by atoms with Crippen LogP contribution in [0, 0.1) is 13.8 Å². The summed E-state index contributed by atoms with van der Waals surface area (Å²) in [7, 11) is 0. The van der Waals surface area contributed by atoms with Crippen LogP contribution in [0.4, 0.5) is 5.82 Å². The Labute approximate surface area is 175 Å². The summed E-state index contributed by atoms with van der Waals surface area (Å²) in [6.07, 6.45) is 2.77. The van der Waals surface area contributed by atoms with Gasteiger partial charge in [-0.2, -0.15) is 10.2 Å². The third-order valence-electron chi connectivity index (χ3n) is 5.75. The Bertz CT molecular complexity index is 1170. The van der Waals surface area contributed by atoms with Crippen molar-refractivity contribution in [2.45, 2.75) is 26.3 Å². The minimum absolute atomic E-state index is 0.381. The number of fused-ring (bicyclic) bond motifs is 1. The lowest BCUT2D eigenvalue weighted by Gasteiger charge is -2.34. The molecule has 1 unspecified atom stereocenters. The summed E-state index contributed by atoms with van der Waals surface area (Å²) in [5.41, 5.74) is 5.45. The smallest absolute Gasteiger partial charge is 0.183 e. The van der Waals surface area contributed by atoms with Gasteiger partial charge in [-0.15, -0.1) is 5.10 Å². The molecule has 0 spiro atoms. The van der Waals surface area contributed by atoms with Crippen molar-refractivity contribution in [2.75, 3.05) is 24.5 Å². The van der Waals surface area contributed by atoms with Crippen molar-refractivity contribution < 1.29 is 0 Å². The van der Waals surface area contributed by atoms with Crippen molar-refractivity contribution in [3.05, 3.63) is 65.5 Å². The molecule has 1 aliphatic heterocycles. The second kappa shape index (κ2) is 7.84. The second-order valence-electron chi connectivity index (χ2n) is 7.96. The van der Waals surface area contributed by atoms with Gasteiger partial charge in [-0.25, -0.2) is 4.98 Å². The highest BCUT2D eigenvalue weighted by atomic mass is 15.3. The molecule has 2 N–H and O–H groups in total. The summed E-state index contributed by atoms with van der Waals surface area (Å²) in [6.45, 7) is 6.82. The molecule has 5 rings (SSSR count). The van der Waals surface area contributed by atoms with Crippen LogP contribution in [-0.2, 0) is 6.42 Å². The molecule has 1 atom stereocenters. The van der Waals surface area contributed by atoms with Crippen molar-refractivity contribution in [3.63, 3.8) is 0 Å². The van der Waals surface area contributed by atoms with Gasteiger partial charge in [0.2, 0.25) is 0 Å². The molecule has 7 nitrogen and oxygen atoms in total. The van der Waals surface area contributed by atoms with Gasteiger partial charge in [-0.1, -0.05) is 30.3 Å². The fourth-order valence-corrected chi connectivity index (χ4v) is 4.18. The highest BCUT2D eigenvalue weighted by Gasteiger charge is 2.21. The predicted octanol–water partition coefficient (Wildman–Crippen LogP) is 3.05. The van der Waals surface area contributed by atoms with E-state index in [2.05, 4.69) is 80.0 Å². The van der Waals surface area contributed by atoms with Gasteiger partial charge in [0.1, 0.15) is 0 Å². The van der Waals surface area contributed by atoms with Crippen LogP contribution in [0.15, 0.2) is 48.7 Å². The van der Waals surface area contributed by atoms with Gasteiger partial charge in [-0.3, -0.25) is 5.10 Å². The zero-order valence-corrected chi connectivity index (χ0v) is 17.3. The van der Waals surface area contributed by atoms with E-state index in [0.717, 1.165) is 59.6 Å². The van der Waals surface area contributed by atoms with Gasteiger partial charge < -0.3 is 10.2 Å². The maximum atomic E-state index is 4.86. The first-order valence-corrected chi connectivity index (χ1v) is 10.3. The van der Waals surface area contributed by atoms with E-state index in [4.69, 9.17) is 4.98 Å². The van der Waals surface area contributed by atoms with Crippen LogP contribution >= 0.6 is 0 Å². The first-order chi connectivity index (χ1) is 14.7. The standard InChI is InChI=1S/C23H25N7/c1-15-10-18(12-20-16(2)27-28-22(15)20)23-26-21(13-25-29-23)30-9-8-24-19(14-30)11-17-6-4-3-5-7-17/h3-7,10,12-13,19,24H,8-9,11,14H2,1-2H3,(H,27,28). The van der Waals surface area contributed by atoms with Gasteiger partial charge in [-0.05, 0) is 43.5 Å². The Morgan fingerprint density at radius 2 is 2.00 bits per heavy atom. The maximum absolute atomic E-state index is 4.86. The predicted molar refractivity (Wildman–Crippen MR) is 119 cm³/mol. The molecule has 1 fully saturated rings. The molecule has 3 heterocycles. The third-order valence-corrected chi connectivity index (χ3v) is 5.75. The SMILES string of the molecule is Cc1[nH]nc2c(C)cc(-c3nncc(N4CCNC(Cc5ccccc5)C4)n3)cc12. The Morgan fingerprint density at radius 3 is 2.87 bits per heavy atom. The quantitative estimate of drug-likeness (QED) is 0.549. The topological polar surface area (TPSA) is 82.6 Å². The molecule has 2 aromatic carbocycles. The van der Waals surface area contributed by atoms with E-state index in [9.17, 15) is 0 Å². The minimum atomic E-state index is 0.381. The van der Waals surface area contributed by atoms with Crippen molar-refractivity contribution in [3.8, 4) is 11.4 Å². The van der Waals surface area contributed by atoms with Gasteiger partial charge in [0.15, 0.2) is 11.6 Å². The number of hydrogen-bond acceptors (Lipinski definition) is 6. The van der Waals surface area contributed by atoms with Gasteiger partial charge in [0, 0.05) is 42.3 Å². The molecule has 1 aliphatic rings. The zero-order valence-electron chi connectivity index (χ0n) is 17.3. The van der Waals surface area contributed by atoms with Crippen molar-refractivity contribution in [2.24, 2.45) is 0 Å². The molecule has 4 aromatic rings. The zero-order chi connectivity index (χ0) is 20.5. The first kappa shape index (κ1) is 18.7. The monoisotopic (exact) mass is 399 g/mol. The lowest BCUT2D eigenvalue weighted by molar-refractivity contribution is 0.452. The number of aryl methyl sites for hydroxylation is 2. The van der Waals surface area contributed by atoms with E-state index in [1.165, 1.54) is 5.56 Å². The summed E-state index contributed by atoms with van der Waals surface area (Å²) < 4.78 is 0. The normalized spacial score (nSPS) is 16.9. The maximum Gasteiger partial charge on any atom is 0.183 e. The fourth-order valence-electron chi connectivity index (χ4n) is 4.18. The summed E-state index contributed by atoms with van der Waals surface area (Å²) in [4.78, 5) is 7.17. The summed E-state index contributed by atoms with van der Waals surface area (Å²) in [5, 5.41) is 20.8. The van der Waals surface area contributed by atoms with Crippen LogP contribution < -0.4 is 10.2 Å². The van der Waals surface area contributed by atoms with Gasteiger partial charge in [0.25, 0.3) is 0 Å². The van der Waals surface area contributed by atoms with Crippen molar-refractivity contribution in [1.29, 1.82) is 0 Å². The fraction of sp³-hybridized carbons (Fsp3) is 0.304. The lowest BCUT2D eigenvalue weighted by atomic mass is 10.0. The number of hydrogen-bond donors (Lipinski definition) is 2. The first-order valence-electron chi connectivity index (χ1n) is 10.3. The minimum Gasteiger partial charge on any atom is -0.352 e. The molecule has 30 heavy (non-hydrogen) atoms. The molecular formula is C23H25N7. The number of rotatable bonds is 4.